The lowest BCUT2D eigenvalue weighted by molar-refractivity contribution is 0.187. The van der Waals surface area contributed by atoms with Gasteiger partial charge in [0.15, 0.2) is 0 Å². The Morgan fingerprint density at radius 3 is 2.34 bits per heavy atom. The van der Waals surface area contributed by atoms with Crippen molar-refractivity contribution in [3.05, 3.63) is 97.2 Å². The number of carbonyl (C=O) groups is 1. The highest BCUT2D eigenvalue weighted by Gasteiger charge is 2.27. The molecule has 1 saturated heterocycles. The van der Waals surface area contributed by atoms with Crippen LogP contribution >= 0.6 is 0 Å². The van der Waals surface area contributed by atoms with Crippen molar-refractivity contribution in [2.24, 2.45) is 0 Å². The topological polar surface area (TPSA) is 90.5 Å². The molecule has 1 aliphatic heterocycles. The van der Waals surface area contributed by atoms with E-state index < -0.39 is 6.09 Å². The first-order chi connectivity index (χ1) is 21.6. The summed E-state index contributed by atoms with van der Waals surface area (Å²) >= 11 is 0. The lowest BCUT2D eigenvalue weighted by Gasteiger charge is -2.38. The van der Waals surface area contributed by atoms with E-state index in [-0.39, 0.29) is 6.04 Å². The van der Waals surface area contributed by atoms with Gasteiger partial charge in [0.25, 0.3) is 0 Å². The summed E-state index contributed by atoms with van der Waals surface area (Å²) in [4.78, 5) is 18.8. The molecule has 4 aromatic rings. The number of pyridine rings is 1. The highest BCUT2D eigenvalue weighted by Crippen LogP contribution is 2.28. The zero-order valence-corrected chi connectivity index (χ0v) is 25.3. The van der Waals surface area contributed by atoms with E-state index in [9.17, 15) is 4.79 Å². The van der Waals surface area contributed by atoms with Gasteiger partial charge in [0, 0.05) is 48.8 Å². The van der Waals surface area contributed by atoms with Crippen LogP contribution in [0.15, 0.2) is 97.2 Å². The second kappa shape index (κ2) is 14.4. The lowest BCUT2D eigenvalue weighted by atomic mass is 9.90. The predicted octanol–water partition coefficient (Wildman–Crippen LogP) is 7.08. The summed E-state index contributed by atoms with van der Waals surface area (Å²) in [6, 6.07) is 32.3. The number of nitrogens with one attached hydrogen (secondary N) is 4. The summed E-state index contributed by atoms with van der Waals surface area (Å²) in [5, 5.41) is 6.46. The molecule has 1 saturated carbocycles. The number of benzene rings is 3. The molecule has 2 aliphatic rings. The number of piperidine rings is 1. The van der Waals surface area contributed by atoms with E-state index in [4.69, 9.17) is 4.74 Å². The third kappa shape index (κ3) is 7.56. The van der Waals surface area contributed by atoms with E-state index in [1.54, 1.807) is 0 Å². The molecular weight excluding hydrogens is 548 g/mol. The summed E-state index contributed by atoms with van der Waals surface area (Å²) in [6.07, 6.45) is 8.30. The van der Waals surface area contributed by atoms with Gasteiger partial charge in [-0.05, 0) is 84.3 Å². The van der Waals surface area contributed by atoms with Crippen LogP contribution in [0.3, 0.4) is 0 Å². The first-order valence-corrected chi connectivity index (χ1v) is 15.7. The molecule has 0 radical (unpaired) electrons. The second-order valence-electron chi connectivity index (χ2n) is 11.8. The Labute approximate surface area is 260 Å². The maximum Gasteiger partial charge on any atom is 0.411 e. The Bertz CT molecular complexity index is 1510. The fourth-order valence-electron chi connectivity index (χ4n) is 6.35. The third-order valence-corrected chi connectivity index (χ3v) is 8.72. The molecule has 4 N–H and O–H groups in total. The van der Waals surface area contributed by atoms with E-state index in [1.807, 2.05) is 36.5 Å². The fraction of sp³-hybridized carbons (Fsp3) is 0.333. The summed E-state index contributed by atoms with van der Waals surface area (Å²) < 4.78 is 4.73. The molecule has 0 bridgehead atoms. The number of hydrogen-bond acceptors (Lipinski definition) is 7. The van der Waals surface area contributed by atoms with Gasteiger partial charge < -0.3 is 15.0 Å². The Balaban J connectivity index is 1.05. The highest BCUT2D eigenvalue weighted by molar-refractivity contribution is 5.86. The molecule has 3 atom stereocenters. The van der Waals surface area contributed by atoms with Crippen molar-refractivity contribution in [1.82, 2.24) is 15.8 Å². The molecule has 6 rings (SSSR count). The van der Waals surface area contributed by atoms with Crippen LogP contribution in [0.4, 0.5) is 22.0 Å². The molecule has 3 unspecified atom stereocenters. The first kappa shape index (κ1) is 29.7. The smallest absolute Gasteiger partial charge is 0.411 e. The highest BCUT2D eigenvalue weighted by atomic mass is 16.5. The summed E-state index contributed by atoms with van der Waals surface area (Å²) in [5.74, 6) is 0.857. The Morgan fingerprint density at radius 1 is 0.773 bits per heavy atom. The van der Waals surface area contributed by atoms with E-state index in [0.717, 1.165) is 49.3 Å². The molecule has 8 nitrogen and oxygen atoms in total. The number of rotatable bonds is 9. The molecule has 1 aliphatic carbocycles. The fourth-order valence-corrected chi connectivity index (χ4v) is 6.35. The number of hydrogen-bond donors (Lipinski definition) is 4. The van der Waals surface area contributed by atoms with Crippen LogP contribution in [-0.2, 0) is 4.74 Å². The molecule has 3 aromatic carbocycles. The average Bonchev–Trinajstić information content (AvgIpc) is 3.09. The van der Waals surface area contributed by atoms with E-state index in [0.29, 0.717) is 17.8 Å². The molecule has 0 spiro atoms. The van der Waals surface area contributed by atoms with E-state index in [2.05, 4.69) is 92.0 Å². The van der Waals surface area contributed by atoms with Crippen LogP contribution in [0, 0.1) is 0 Å². The Kier molecular flexibility index (Phi) is 9.70. The summed E-state index contributed by atoms with van der Waals surface area (Å²) in [5.41, 5.74) is 13.9. The van der Waals surface area contributed by atoms with Gasteiger partial charge in [-0.25, -0.2) is 9.78 Å². The number of methoxy groups -OCH3 is 1. The molecule has 8 heteroatoms. The normalized spacial score (nSPS) is 20.1. The van der Waals surface area contributed by atoms with Crippen molar-refractivity contribution in [3.8, 4) is 22.3 Å². The number of nitrogens with zero attached hydrogens (tertiary/aromatic N) is 2. The quantitative estimate of drug-likeness (QED) is 0.155. The van der Waals surface area contributed by atoms with Gasteiger partial charge in [-0.1, -0.05) is 67.4 Å². The zero-order chi connectivity index (χ0) is 30.1. The number of ether oxygens (including phenoxy) is 1. The minimum Gasteiger partial charge on any atom is -0.453 e. The van der Waals surface area contributed by atoms with Gasteiger partial charge in [0.2, 0.25) is 0 Å². The van der Waals surface area contributed by atoms with E-state index in [1.165, 1.54) is 43.2 Å². The van der Waals surface area contributed by atoms with Crippen molar-refractivity contribution in [1.29, 1.82) is 0 Å². The third-order valence-electron chi connectivity index (χ3n) is 8.72. The monoisotopic (exact) mass is 590 g/mol. The van der Waals surface area contributed by atoms with Crippen LogP contribution in [0.5, 0.6) is 0 Å². The zero-order valence-electron chi connectivity index (χ0n) is 25.3. The van der Waals surface area contributed by atoms with Crippen LogP contribution in [0.25, 0.3) is 22.3 Å². The van der Waals surface area contributed by atoms with Gasteiger partial charge in [0.1, 0.15) is 5.82 Å². The minimum absolute atomic E-state index is 0.275. The lowest BCUT2D eigenvalue weighted by Crippen LogP contribution is -2.57. The predicted molar refractivity (Wildman–Crippen MR) is 179 cm³/mol. The van der Waals surface area contributed by atoms with Crippen LogP contribution in [-0.4, -0.2) is 49.4 Å². The van der Waals surface area contributed by atoms with Crippen molar-refractivity contribution in [3.63, 3.8) is 0 Å². The van der Waals surface area contributed by atoms with Gasteiger partial charge in [-0.2, -0.15) is 0 Å². The number of hydrazine groups is 1. The molecule has 228 valence electrons. The molecule has 2 heterocycles. The number of aromatic nitrogens is 1. The molecule has 1 aromatic heterocycles. The van der Waals surface area contributed by atoms with Crippen LogP contribution in [0.2, 0.25) is 0 Å². The van der Waals surface area contributed by atoms with Crippen molar-refractivity contribution in [2.75, 3.05) is 35.7 Å². The minimum atomic E-state index is -0.484. The van der Waals surface area contributed by atoms with Gasteiger partial charge in [-0.15, -0.1) is 0 Å². The number of carbonyl (C=O) groups excluding carboxylic acids is 1. The molecule has 2 fully saturated rings. The van der Waals surface area contributed by atoms with Crippen molar-refractivity contribution < 1.29 is 9.53 Å². The van der Waals surface area contributed by atoms with Crippen molar-refractivity contribution in [2.45, 2.75) is 56.7 Å². The van der Waals surface area contributed by atoms with Gasteiger partial charge >= 0.3 is 6.09 Å². The number of amides is 1. The largest absolute Gasteiger partial charge is 0.453 e. The van der Waals surface area contributed by atoms with Gasteiger partial charge in [0.05, 0.1) is 7.11 Å². The second-order valence-corrected chi connectivity index (χ2v) is 11.8. The number of anilines is 3. The van der Waals surface area contributed by atoms with E-state index >= 15 is 0 Å². The van der Waals surface area contributed by atoms with Crippen molar-refractivity contribution >= 4 is 23.3 Å². The van der Waals surface area contributed by atoms with Crippen LogP contribution in [0.1, 0.15) is 38.5 Å². The standard InChI is InChI=1S/C36H42N6O2/c1-44-36(43)38-30-12-7-11-28(23-30)29-20-21-37-35(24-29)39-33-14-5-6-15-34(33)41-40-31-13-8-22-42(25-31)32-18-16-27(17-19-32)26-9-3-2-4-10-26/h2-4,7,9-12,16-21,23-24,31,33-34,40-41H,5-6,8,13-15,22,25H2,1H3,(H,37,39)(H,38,43). The first-order valence-electron chi connectivity index (χ1n) is 15.7. The maximum absolute atomic E-state index is 11.7. The molecule has 44 heavy (non-hydrogen) atoms. The average molecular weight is 591 g/mol. The molecular formula is C36H42N6O2. The Morgan fingerprint density at radius 2 is 1.52 bits per heavy atom. The van der Waals surface area contributed by atoms with Gasteiger partial charge in [-0.3, -0.25) is 16.2 Å². The summed E-state index contributed by atoms with van der Waals surface area (Å²) in [7, 11) is 1.36. The SMILES string of the molecule is COC(=O)Nc1cccc(-c2ccnc(NC3CCCCC3NNC3CCCN(c4ccc(-c5ccccc5)cc4)C3)c2)c1. The van der Waals surface area contributed by atoms with Crippen LogP contribution < -0.4 is 26.4 Å². The summed E-state index contributed by atoms with van der Waals surface area (Å²) in [6.45, 7) is 2.07. The Hall–Kier alpha value is -4.40. The maximum atomic E-state index is 11.7. The molecule has 1 amide bonds.